The van der Waals surface area contributed by atoms with Gasteiger partial charge in [0, 0.05) is 50.2 Å². The van der Waals surface area contributed by atoms with Gasteiger partial charge in [-0.15, -0.1) is 0 Å². The van der Waals surface area contributed by atoms with Crippen molar-refractivity contribution in [3.63, 3.8) is 0 Å². The van der Waals surface area contributed by atoms with Gasteiger partial charge in [0.25, 0.3) is 0 Å². The van der Waals surface area contributed by atoms with Crippen LogP contribution in [0.3, 0.4) is 0 Å². The van der Waals surface area contributed by atoms with Crippen LogP contribution in [0.5, 0.6) is 0 Å². The normalized spacial score (nSPS) is 14.1. The summed E-state index contributed by atoms with van der Waals surface area (Å²) < 4.78 is 43.9. The van der Waals surface area contributed by atoms with Crippen molar-refractivity contribution in [3.8, 4) is 0 Å². The number of halogens is 3. The quantitative estimate of drug-likeness (QED) is 0.278. The number of aldehydes is 1. The van der Waals surface area contributed by atoms with Crippen LogP contribution in [0, 0.1) is 5.41 Å². The fourth-order valence-electron chi connectivity index (χ4n) is 2.99. The van der Waals surface area contributed by atoms with Gasteiger partial charge >= 0.3 is 6.18 Å². The van der Waals surface area contributed by atoms with Crippen LogP contribution in [0.1, 0.15) is 23.1 Å². The first-order valence-corrected chi connectivity index (χ1v) is 10.2. The number of benzene rings is 1. The number of alkyl halides is 3. The topological polar surface area (TPSA) is 129 Å². The van der Waals surface area contributed by atoms with E-state index >= 15 is 0 Å². The van der Waals surface area contributed by atoms with Gasteiger partial charge in [0.15, 0.2) is 0 Å². The highest BCUT2D eigenvalue weighted by molar-refractivity contribution is 5.94. The lowest BCUT2D eigenvalue weighted by Crippen LogP contribution is -2.32. The van der Waals surface area contributed by atoms with Gasteiger partial charge in [-0.1, -0.05) is 0 Å². The van der Waals surface area contributed by atoms with Crippen molar-refractivity contribution in [2.45, 2.75) is 19.0 Å². The molecule has 180 valence electrons. The van der Waals surface area contributed by atoms with Gasteiger partial charge in [-0.05, 0) is 31.2 Å². The number of aromatic nitrogens is 2. The third-order valence-corrected chi connectivity index (χ3v) is 4.78. The number of carbonyl (C=O) groups is 1. The van der Waals surface area contributed by atoms with E-state index in [2.05, 4.69) is 32.5 Å². The standard InChI is InChI=1S/C16H17F3N6O.C5H11NO/c1-22-14-11(16(17,18)19)8-23-15(25-14)24-13-6-9(3-2-4-26)5-12(21)10(13)7-20;1-6-2-4-7-5-3-6/h4-8,20H,2-3,21H2,1H3,(H2,22,23,24,25);2-5H2,1H3. The summed E-state index contributed by atoms with van der Waals surface area (Å²) in [5.74, 6) is -0.464. The molecule has 1 saturated heterocycles. The van der Waals surface area contributed by atoms with Crippen molar-refractivity contribution < 1.29 is 22.7 Å². The van der Waals surface area contributed by atoms with Gasteiger partial charge in [-0.3, -0.25) is 0 Å². The summed E-state index contributed by atoms with van der Waals surface area (Å²) in [5, 5.41) is 12.7. The number of carbonyl (C=O) groups excluding carboxylic acids is 1. The SMILES string of the molecule is CN1CCOCC1.CNc1nc(Nc2cc(CCC=O)cc(N)c2C=N)ncc1C(F)(F)F. The molecule has 3 rings (SSSR count). The lowest BCUT2D eigenvalue weighted by atomic mass is 10.0. The smallest absolute Gasteiger partial charge is 0.398 e. The highest BCUT2D eigenvalue weighted by atomic mass is 19.4. The third kappa shape index (κ3) is 7.68. The fraction of sp³-hybridized carbons (Fsp3) is 0.429. The van der Waals surface area contributed by atoms with Crippen LogP contribution in [-0.2, 0) is 22.1 Å². The summed E-state index contributed by atoms with van der Waals surface area (Å²) >= 11 is 0. The number of morpholine rings is 1. The second-order valence-corrected chi connectivity index (χ2v) is 7.24. The highest BCUT2D eigenvalue weighted by Gasteiger charge is 2.35. The summed E-state index contributed by atoms with van der Waals surface area (Å²) in [4.78, 5) is 20.3. The molecule has 5 N–H and O–H groups in total. The molecule has 9 nitrogen and oxygen atoms in total. The van der Waals surface area contributed by atoms with E-state index in [1.807, 2.05) is 0 Å². The van der Waals surface area contributed by atoms with E-state index in [9.17, 15) is 18.0 Å². The number of hydrogen-bond donors (Lipinski definition) is 4. The number of nitrogen functional groups attached to an aromatic ring is 1. The fourth-order valence-corrected chi connectivity index (χ4v) is 2.99. The number of ether oxygens (including phenoxy) is 1. The van der Waals surface area contributed by atoms with Crippen LogP contribution >= 0.6 is 0 Å². The van der Waals surface area contributed by atoms with E-state index in [-0.39, 0.29) is 11.8 Å². The zero-order valence-electron chi connectivity index (χ0n) is 18.5. The first-order valence-electron chi connectivity index (χ1n) is 10.2. The number of nitrogens with two attached hydrogens (primary N) is 1. The minimum atomic E-state index is -4.59. The predicted octanol–water partition coefficient (Wildman–Crippen LogP) is 2.94. The molecule has 33 heavy (non-hydrogen) atoms. The second-order valence-electron chi connectivity index (χ2n) is 7.24. The van der Waals surface area contributed by atoms with E-state index in [4.69, 9.17) is 15.9 Å². The van der Waals surface area contributed by atoms with E-state index in [1.165, 1.54) is 7.05 Å². The zero-order valence-corrected chi connectivity index (χ0v) is 18.5. The van der Waals surface area contributed by atoms with E-state index in [1.54, 1.807) is 12.1 Å². The molecule has 1 aliphatic rings. The van der Waals surface area contributed by atoms with Crippen molar-refractivity contribution in [2.24, 2.45) is 0 Å². The second kappa shape index (κ2) is 12.1. The van der Waals surface area contributed by atoms with Crippen LogP contribution in [0.25, 0.3) is 0 Å². The third-order valence-electron chi connectivity index (χ3n) is 4.78. The molecule has 1 aromatic carbocycles. The summed E-state index contributed by atoms with van der Waals surface area (Å²) in [5.41, 5.74) is 6.67. The van der Waals surface area contributed by atoms with Gasteiger partial charge in [0.2, 0.25) is 5.95 Å². The Morgan fingerprint density at radius 2 is 2.00 bits per heavy atom. The molecular formula is C21H28F3N7O2. The minimum Gasteiger partial charge on any atom is -0.398 e. The maximum absolute atomic E-state index is 12.9. The largest absolute Gasteiger partial charge is 0.421 e. The first kappa shape index (κ1) is 26.0. The number of hydrogen-bond acceptors (Lipinski definition) is 9. The molecule has 1 fully saturated rings. The van der Waals surface area contributed by atoms with Gasteiger partial charge < -0.3 is 36.2 Å². The van der Waals surface area contributed by atoms with Crippen molar-refractivity contribution in [3.05, 3.63) is 35.0 Å². The average Bonchev–Trinajstić information content (AvgIpc) is 2.77. The maximum Gasteiger partial charge on any atom is 0.421 e. The molecule has 0 amide bonds. The number of aryl methyl sites for hydroxylation is 1. The first-order chi connectivity index (χ1) is 15.7. The van der Waals surface area contributed by atoms with Gasteiger partial charge in [0.05, 0.1) is 18.9 Å². The molecule has 12 heteroatoms. The van der Waals surface area contributed by atoms with Crippen LogP contribution in [-0.4, -0.2) is 67.8 Å². The Morgan fingerprint density at radius 3 is 2.52 bits per heavy atom. The number of nitrogens with zero attached hydrogens (tertiary/aromatic N) is 3. The predicted molar refractivity (Wildman–Crippen MR) is 121 cm³/mol. The molecule has 0 bridgehead atoms. The van der Waals surface area contributed by atoms with Crippen LogP contribution in [0.15, 0.2) is 18.3 Å². The Morgan fingerprint density at radius 1 is 1.30 bits per heavy atom. The van der Waals surface area contributed by atoms with Crippen LogP contribution in [0.2, 0.25) is 0 Å². The molecule has 0 radical (unpaired) electrons. The van der Waals surface area contributed by atoms with Gasteiger partial charge in [-0.25, -0.2) is 4.98 Å². The van der Waals surface area contributed by atoms with Crippen LogP contribution < -0.4 is 16.4 Å². The maximum atomic E-state index is 12.9. The molecular weight excluding hydrogens is 439 g/mol. The summed E-state index contributed by atoms with van der Waals surface area (Å²) in [6, 6.07) is 3.29. The number of nitrogens with one attached hydrogen (secondary N) is 3. The molecule has 0 aliphatic carbocycles. The average molecular weight is 467 g/mol. The van der Waals surface area contributed by atoms with E-state index < -0.39 is 11.7 Å². The highest BCUT2D eigenvalue weighted by Crippen LogP contribution is 2.34. The number of rotatable bonds is 7. The molecule has 0 saturated carbocycles. The molecule has 0 spiro atoms. The van der Waals surface area contributed by atoms with Gasteiger partial charge in [0.1, 0.15) is 17.7 Å². The Balaban J connectivity index is 0.000000468. The zero-order chi connectivity index (χ0) is 24.4. The van der Waals surface area contributed by atoms with Gasteiger partial charge in [-0.2, -0.15) is 18.2 Å². The van der Waals surface area contributed by atoms with Crippen molar-refractivity contribution >= 4 is 35.6 Å². The summed E-state index contributed by atoms with van der Waals surface area (Å²) in [6.45, 7) is 4.02. The molecule has 1 aliphatic heterocycles. The molecule has 0 atom stereocenters. The molecule has 0 unspecified atom stereocenters. The van der Waals surface area contributed by atoms with Crippen molar-refractivity contribution in [1.29, 1.82) is 5.41 Å². The van der Waals surface area contributed by atoms with Crippen molar-refractivity contribution in [1.82, 2.24) is 14.9 Å². The van der Waals surface area contributed by atoms with Crippen LogP contribution in [0.4, 0.5) is 36.3 Å². The van der Waals surface area contributed by atoms with E-state index in [0.29, 0.717) is 36.0 Å². The Kier molecular flexibility index (Phi) is 9.55. The minimum absolute atomic E-state index is 0.0858. The Labute approximate surface area is 190 Å². The lowest BCUT2D eigenvalue weighted by Gasteiger charge is -2.21. The summed E-state index contributed by atoms with van der Waals surface area (Å²) in [6.07, 6.45) is -1.39. The van der Waals surface area contributed by atoms with Crippen molar-refractivity contribution in [2.75, 3.05) is 56.8 Å². The molecule has 2 aromatic rings. The number of anilines is 4. The van der Waals surface area contributed by atoms with E-state index in [0.717, 1.165) is 44.4 Å². The Hall–Kier alpha value is -3.25. The number of likely N-dealkylation sites (N-methyl/N-ethyl adjacent to an activating group) is 1. The Bertz CT molecular complexity index is 948. The monoisotopic (exact) mass is 467 g/mol. The summed E-state index contributed by atoms with van der Waals surface area (Å²) in [7, 11) is 3.44. The molecule has 1 aromatic heterocycles. The molecule has 2 heterocycles. The lowest BCUT2D eigenvalue weighted by molar-refractivity contribution is -0.137.